The molecule has 0 unspecified atom stereocenters. The van der Waals surface area contributed by atoms with Gasteiger partial charge in [-0.1, -0.05) is 73.5 Å². The number of hydrogen-bond donors (Lipinski definition) is 0. The van der Waals surface area contributed by atoms with Crippen LogP contribution in [0.15, 0.2) is 60.7 Å². The summed E-state index contributed by atoms with van der Waals surface area (Å²) in [6, 6.07) is 20.4. The molecular weight excluding hydrogens is 410 g/mol. The monoisotopic (exact) mass is 443 g/mol. The van der Waals surface area contributed by atoms with Gasteiger partial charge in [-0.3, -0.25) is 4.79 Å². The average Bonchev–Trinajstić information content (AvgIpc) is 3.65. The molecule has 1 saturated heterocycles. The molecule has 31 heavy (non-hydrogen) atoms. The summed E-state index contributed by atoms with van der Waals surface area (Å²) in [7, 11) is 0. The van der Waals surface area contributed by atoms with Crippen LogP contribution in [-0.4, -0.2) is 43.7 Å². The van der Waals surface area contributed by atoms with Gasteiger partial charge in [0.2, 0.25) is 0 Å². The van der Waals surface area contributed by atoms with Crippen molar-refractivity contribution in [1.29, 1.82) is 0 Å². The fourth-order valence-electron chi connectivity index (χ4n) is 4.27. The van der Waals surface area contributed by atoms with Gasteiger partial charge in [-0.2, -0.15) is 0 Å². The fourth-order valence-corrected chi connectivity index (χ4v) is 4.27. The van der Waals surface area contributed by atoms with E-state index in [9.17, 15) is 4.79 Å². The molecule has 4 rings (SSSR count). The molecule has 0 atom stereocenters. The number of likely N-dealkylation sites (tertiary alicyclic amines) is 1. The van der Waals surface area contributed by atoms with E-state index in [-0.39, 0.29) is 30.9 Å². The minimum Gasteiger partial charge on any atom is -0.462 e. The molecule has 5 heteroatoms. The van der Waals surface area contributed by atoms with E-state index in [4.69, 9.17) is 9.47 Å². The first-order valence-corrected chi connectivity index (χ1v) is 11.4. The Morgan fingerprint density at radius 2 is 1.42 bits per heavy atom. The van der Waals surface area contributed by atoms with E-state index in [0.29, 0.717) is 6.61 Å². The summed E-state index contributed by atoms with van der Waals surface area (Å²) in [5.74, 6) is -0.0197. The summed E-state index contributed by atoms with van der Waals surface area (Å²) in [6.45, 7) is 3.99. The van der Waals surface area contributed by atoms with Gasteiger partial charge >= 0.3 is 5.97 Å². The molecule has 2 aromatic carbocycles. The van der Waals surface area contributed by atoms with Gasteiger partial charge in [0.1, 0.15) is 6.61 Å². The molecule has 2 aromatic rings. The maximum absolute atomic E-state index is 12.4. The third-order valence-corrected chi connectivity index (χ3v) is 6.26. The van der Waals surface area contributed by atoms with Crippen molar-refractivity contribution in [3.63, 3.8) is 0 Å². The van der Waals surface area contributed by atoms with Gasteiger partial charge in [0.15, 0.2) is 5.60 Å². The van der Waals surface area contributed by atoms with Gasteiger partial charge < -0.3 is 14.4 Å². The minimum absolute atomic E-state index is 0. The van der Waals surface area contributed by atoms with Crippen molar-refractivity contribution in [3.05, 3.63) is 71.8 Å². The second kappa shape index (κ2) is 11.7. The number of hydrogen-bond acceptors (Lipinski definition) is 4. The molecule has 1 heterocycles. The molecule has 0 bridgehead atoms. The number of nitrogens with zero attached hydrogens (tertiary/aromatic N) is 1. The van der Waals surface area contributed by atoms with Gasteiger partial charge in [-0.05, 0) is 49.9 Å². The Balaban J connectivity index is 0.00000272. The molecule has 0 spiro atoms. The number of esters is 1. The Kier molecular flexibility index (Phi) is 8.94. The Hall–Kier alpha value is -1.88. The van der Waals surface area contributed by atoms with Gasteiger partial charge in [-0.15, -0.1) is 12.4 Å². The molecule has 0 radical (unpaired) electrons. The molecule has 1 saturated carbocycles. The second-order valence-corrected chi connectivity index (χ2v) is 8.55. The summed E-state index contributed by atoms with van der Waals surface area (Å²) < 4.78 is 12.5. The highest BCUT2D eigenvalue weighted by Crippen LogP contribution is 2.36. The van der Waals surface area contributed by atoms with Gasteiger partial charge in [0.05, 0.1) is 12.5 Å². The molecule has 0 N–H and O–H groups in total. The van der Waals surface area contributed by atoms with Gasteiger partial charge in [0.25, 0.3) is 0 Å². The molecule has 2 aliphatic rings. The molecule has 1 aliphatic carbocycles. The van der Waals surface area contributed by atoms with E-state index < -0.39 is 5.60 Å². The predicted molar refractivity (Wildman–Crippen MR) is 125 cm³/mol. The number of carbonyl (C=O) groups excluding carboxylic acids is 1. The van der Waals surface area contributed by atoms with Crippen molar-refractivity contribution < 1.29 is 14.3 Å². The highest BCUT2D eigenvalue weighted by atomic mass is 35.5. The number of ether oxygens (including phenoxy) is 2. The zero-order chi connectivity index (χ0) is 20.7. The first-order chi connectivity index (χ1) is 14.8. The highest BCUT2D eigenvalue weighted by Gasteiger charge is 2.39. The molecule has 1 aliphatic heterocycles. The van der Waals surface area contributed by atoms with E-state index in [0.717, 1.165) is 43.6 Å². The first kappa shape index (κ1) is 23.8. The van der Waals surface area contributed by atoms with Crippen molar-refractivity contribution in [2.24, 2.45) is 5.92 Å². The standard InChI is InChI=1S/C26H33NO3.ClH/c28-25(22-15-16-22)29-21-26(23-11-5-3-6-12-23,24-13-7-4-8-14-24)30-20-19-27-17-9-1-2-10-18-27;/h3-8,11-14,22H,1-2,9-10,15-21H2;1H. The summed E-state index contributed by atoms with van der Waals surface area (Å²) in [5.41, 5.74) is 1.25. The summed E-state index contributed by atoms with van der Waals surface area (Å²) in [6.07, 6.45) is 7.07. The van der Waals surface area contributed by atoms with Crippen LogP contribution in [-0.2, 0) is 19.9 Å². The SMILES string of the molecule is Cl.O=C(OCC(OCCN1CCCCCC1)(c1ccccc1)c1ccccc1)C1CC1. The quantitative estimate of drug-likeness (QED) is 0.499. The zero-order valence-electron chi connectivity index (χ0n) is 18.2. The number of benzene rings is 2. The zero-order valence-corrected chi connectivity index (χ0v) is 19.0. The largest absolute Gasteiger partial charge is 0.462 e. The van der Waals surface area contributed by atoms with Crippen LogP contribution >= 0.6 is 12.4 Å². The Morgan fingerprint density at radius 1 is 0.871 bits per heavy atom. The highest BCUT2D eigenvalue weighted by molar-refractivity contribution is 5.85. The van der Waals surface area contributed by atoms with E-state index in [1.165, 1.54) is 25.7 Å². The van der Waals surface area contributed by atoms with Crippen LogP contribution in [0.5, 0.6) is 0 Å². The summed E-state index contributed by atoms with van der Waals surface area (Å²) in [4.78, 5) is 14.9. The van der Waals surface area contributed by atoms with Crippen molar-refractivity contribution in [3.8, 4) is 0 Å². The van der Waals surface area contributed by atoms with Crippen LogP contribution < -0.4 is 0 Å². The summed E-state index contributed by atoms with van der Waals surface area (Å²) >= 11 is 0. The number of carbonyl (C=O) groups is 1. The van der Waals surface area contributed by atoms with E-state index in [1.54, 1.807) is 0 Å². The third kappa shape index (κ3) is 6.31. The molecule has 4 nitrogen and oxygen atoms in total. The van der Waals surface area contributed by atoms with Crippen LogP contribution in [0, 0.1) is 5.92 Å². The molecule has 2 fully saturated rings. The van der Waals surface area contributed by atoms with Gasteiger partial charge in [-0.25, -0.2) is 0 Å². The Morgan fingerprint density at radius 3 is 1.94 bits per heavy atom. The van der Waals surface area contributed by atoms with Crippen LogP contribution in [0.3, 0.4) is 0 Å². The molecule has 168 valence electrons. The van der Waals surface area contributed by atoms with Crippen molar-refractivity contribution >= 4 is 18.4 Å². The Bertz CT molecular complexity index is 747. The maximum atomic E-state index is 12.4. The molecule has 0 amide bonds. The van der Waals surface area contributed by atoms with Gasteiger partial charge in [0, 0.05) is 6.54 Å². The first-order valence-electron chi connectivity index (χ1n) is 11.4. The lowest BCUT2D eigenvalue weighted by Crippen LogP contribution is -2.40. The predicted octanol–water partition coefficient (Wildman–Crippen LogP) is 5.20. The number of rotatable bonds is 9. The molecule has 0 aromatic heterocycles. The van der Waals surface area contributed by atoms with Crippen LogP contribution in [0.2, 0.25) is 0 Å². The minimum atomic E-state index is -0.793. The fraction of sp³-hybridized carbons (Fsp3) is 0.500. The van der Waals surface area contributed by atoms with Crippen molar-refractivity contribution in [2.75, 3.05) is 32.8 Å². The topological polar surface area (TPSA) is 38.8 Å². The van der Waals surface area contributed by atoms with Crippen LogP contribution in [0.25, 0.3) is 0 Å². The third-order valence-electron chi connectivity index (χ3n) is 6.26. The normalized spacial score (nSPS) is 17.4. The summed E-state index contributed by atoms with van der Waals surface area (Å²) in [5, 5.41) is 0. The van der Waals surface area contributed by atoms with Crippen molar-refractivity contribution in [1.82, 2.24) is 4.90 Å². The van der Waals surface area contributed by atoms with Crippen LogP contribution in [0.4, 0.5) is 0 Å². The van der Waals surface area contributed by atoms with E-state index >= 15 is 0 Å². The van der Waals surface area contributed by atoms with E-state index in [2.05, 4.69) is 29.2 Å². The molecular formula is C26H34ClNO3. The maximum Gasteiger partial charge on any atom is 0.309 e. The second-order valence-electron chi connectivity index (χ2n) is 8.55. The lowest BCUT2D eigenvalue weighted by atomic mass is 9.86. The van der Waals surface area contributed by atoms with Crippen LogP contribution in [0.1, 0.15) is 49.7 Å². The van der Waals surface area contributed by atoms with E-state index in [1.807, 2.05) is 36.4 Å². The lowest BCUT2D eigenvalue weighted by molar-refractivity contribution is -0.155. The van der Waals surface area contributed by atoms with Crippen molar-refractivity contribution in [2.45, 2.75) is 44.1 Å². The average molecular weight is 444 g/mol. The lowest BCUT2D eigenvalue weighted by Gasteiger charge is -2.35. The Labute approximate surface area is 192 Å². The number of halogens is 1. The smallest absolute Gasteiger partial charge is 0.309 e.